The lowest BCUT2D eigenvalue weighted by atomic mass is 9.91. The molecule has 1 aliphatic carbocycles. The summed E-state index contributed by atoms with van der Waals surface area (Å²) in [7, 11) is 0. The maximum Gasteiger partial charge on any atom is 0.307 e. The van der Waals surface area contributed by atoms with Crippen LogP contribution in [0, 0.1) is 11.8 Å². The third-order valence-electron chi connectivity index (χ3n) is 4.37. The zero-order valence-electron chi connectivity index (χ0n) is 11.6. The fraction of sp³-hybridized carbons (Fsp3) is 0.929. The summed E-state index contributed by atoms with van der Waals surface area (Å²) in [5, 5.41) is 12.7. The van der Waals surface area contributed by atoms with Crippen molar-refractivity contribution in [3.05, 3.63) is 0 Å². The van der Waals surface area contributed by atoms with Crippen molar-refractivity contribution in [2.24, 2.45) is 11.8 Å². The second-order valence-electron chi connectivity index (χ2n) is 5.79. The van der Waals surface area contributed by atoms with E-state index in [9.17, 15) is 9.90 Å². The number of carbonyl (C=O) groups is 1. The van der Waals surface area contributed by atoms with E-state index in [0.717, 1.165) is 38.4 Å². The van der Waals surface area contributed by atoms with Crippen molar-refractivity contribution in [2.75, 3.05) is 19.6 Å². The first-order chi connectivity index (χ1) is 8.65. The average Bonchev–Trinajstić information content (AvgIpc) is 3.14. The number of carboxylic acid groups (broad SMARTS) is 1. The van der Waals surface area contributed by atoms with Crippen LogP contribution in [0.1, 0.15) is 39.5 Å². The summed E-state index contributed by atoms with van der Waals surface area (Å²) in [5.74, 6) is -0.00586. The van der Waals surface area contributed by atoms with Crippen LogP contribution in [0.15, 0.2) is 0 Å². The highest BCUT2D eigenvalue weighted by Crippen LogP contribution is 2.38. The van der Waals surface area contributed by atoms with Crippen LogP contribution in [0.2, 0.25) is 0 Å². The molecular weight excluding hydrogens is 228 g/mol. The quantitative estimate of drug-likeness (QED) is 0.755. The number of likely N-dealkylation sites (N-methyl/N-ethyl adjacent to an activating group) is 1. The molecule has 2 rings (SSSR count). The number of likely N-dealkylation sites (tertiary alicyclic amines) is 1. The molecule has 2 fully saturated rings. The highest BCUT2D eigenvalue weighted by Gasteiger charge is 2.39. The van der Waals surface area contributed by atoms with Crippen LogP contribution in [0.25, 0.3) is 0 Å². The summed E-state index contributed by atoms with van der Waals surface area (Å²) in [6.07, 6.45) is 4.59. The number of aliphatic carboxylic acids is 1. The van der Waals surface area contributed by atoms with Gasteiger partial charge in [0.2, 0.25) is 0 Å². The van der Waals surface area contributed by atoms with E-state index in [4.69, 9.17) is 0 Å². The fourth-order valence-corrected chi connectivity index (χ4v) is 3.39. The van der Waals surface area contributed by atoms with Gasteiger partial charge in [0.05, 0.1) is 5.92 Å². The molecule has 1 heterocycles. The van der Waals surface area contributed by atoms with Crippen molar-refractivity contribution >= 4 is 5.97 Å². The van der Waals surface area contributed by atoms with Crippen molar-refractivity contribution in [3.8, 4) is 0 Å². The van der Waals surface area contributed by atoms with Crippen LogP contribution in [0.3, 0.4) is 0 Å². The van der Waals surface area contributed by atoms with E-state index >= 15 is 0 Å². The average molecular weight is 254 g/mol. The van der Waals surface area contributed by atoms with E-state index in [2.05, 4.69) is 24.1 Å². The van der Waals surface area contributed by atoms with Gasteiger partial charge in [0.15, 0.2) is 0 Å². The zero-order valence-corrected chi connectivity index (χ0v) is 11.6. The number of nitrogens with zero attached hydrogens (tertiary/aromatic N) is 1. The Labute approximate surface area is 110 Å². The van der Waals surface area contributed by atoms with Gasteiger partial charge in [-0.1, -0.05) is 13.8 Å². The molecule has 4 nitrogen and oxygen atoms in total. The van der Waals surface area contributed by atoms with Gasteiger partial charge in [-0.25, -0.2) is 0 Å². The van der Waals surface area contributed by atoms with Gasteiger partial charge >= 0.3 is 5.97 Å². The van der Waals surface area contributed by atoms with E-state index < -0.39 is 5.97 Å². The zero-order chi connectivity index (χ0) is 13.1. The molecule has 0 aromatic carbocycles. The standard InChI is InChI=1S/C14H26N2O2/c1-3-13(10-5-6-10)16-8-11(14(17)18)7-12(9-16)15-4-2/h10-13,15H,3-9H2,1-2H3,(H,17,18). The summed E-state index contributed by atoms with van der Waals surface area (Å²) in [4.78, 5) is 13.7. The minimum absolute atomic E-state index is 0.199. The largest absolute Gasteiger partial charge is 0.481 e. The van der Waals surface area contributed by atoms with E-state index in [1.165, 1.54) is 12.8 Å². The molecule has 3 unspecified atom stereocenters. The molecule has 3 atom stereocenters. The minimum atomic E-state index is -0.631. The molecule has 2 N–H and O–H groups in total. The first kappa shape index (κ1) is 13.8. The Morgan fingerprint density at radius 1 is 1.39 bits per heavy atom. The molecule has 1 aliphatic heterocycles. The van der Waals surface area contributed by atoms with Crippen LogP contribution in [0.5, 0.6) is 0 Å². The smallest absolute Gasteiger partial charge is 0.307 e. The summed E-state index contributed by atoms with van der Waals surface area (Å²) in [6.45, 7) is 7.01. The Hall–Kier alpha value is -0.610. The van der Waals surface area contributed by atoms with Crippen LogP contribution in [0.4, 0.5) is 0 Å². The van der Waals surface area contributed by atoms with Gasteiger partial charge in [-0.2, -0.15) is 0 Å². The van der Waals surface area contributed by atoms with Crippen molar-refractivity contribution in [1.82, 2.24) is 10.2 Å². The lowest BCUT2D eigenvalue weighted by molar-refractivity contribution is -0.144. The maximum atomic E-state index is 11.3. The molecule has 0 spiro atoms. The van der Waals surface area contributed by atoms with E-state index in [1.54, 1.807) is 0 Å². The third-order valence-corrected chi connectivity index (χ3v) is 4.37. The molecule has 104 valence electrons. The molecular formula is C14H26N2O2. The summed E-state index contributed by atoms with van der Waals surface area (Å²) < 4.78 is 0. The minimum Gasteiger partial charge on any atom is -0.481 e. The van der Waals surface area contributed by atoms with Gasteiger partial charge in [-0.3, -0.25) is 9.69 Å². The number of nitrogens with one attached hydrogen (secondary N) is 1. The number of hydrogen-bond donors (Lipinski definition) is 2. The third kappa shape index (κ3) is 3.23. The highest BCUT2D eigenvalue weighted by molar-refractivity contribution is 5.70. The fourth-order valence-electron chi connectivity index (χ4n) is 3.39. The van der Waals surface area contributed by atoms with Gasteiger partial charge in [0, 0.05) is 25.2 Å². The Morgan fingerprint density at radius 2 is 2.11 bits per heavy atom. The molecule has 0 radical (unpaired) electrons. The van der Waals surface area contributed by atoms with Crippen molar-refractivity contribution < 1.29 is 9.90 Å². The van der Waals surface area contributed by atoms with Gasteiger partial charge in [0.1, 0.15) is 0 Å². The highest BCUT2D eigenvalue weighted by atomic mass is 16.4. The molecule has 18 heavy (non-hydrogen) atoms. The Morgan fingerprint density at radius 3 is 2.61 bits per heavy atom. The maximum absolute atomic E-state index is 11.3. The lowest BCUT2D eigenvalue weighted by Crippen LogP contribution is -2.54. The second kappa shape index (κ2) is 6.02. The summed E-state index contributed by atoms with van der Waals surface area (Å²) >= 11 is 0. The molecule has 0 aromatic rings. The summed E-state index contributed by atoms with van der Waals surface area (Å²) in [6, 6.07) is 0.950. The predicted molar refractivity (Wildman–Crippen MR) is 71.6 cm³/mol. The molecule has 0 amide bonds. The van der Waals surface area contributed by atoms with Crippen molar-refractivity contribution in [1.29, 1.82) is 0 Å². The van der Waals surface area contributed by atoms with Gasteiger partial charge in [-0.15, -0.1) is 0 Å². The molecule has 0 aromatic heterocycles. The normalized spacial score (nSPS) is 31.2. The SMILES string of the molecule is CCNC1CC(C(=O)O)CN(C(CC)C2CC2)C1. The Balaban J connectivity index is 2.01. The van der Waals surface area contributed by atoms with Crippen molar-refractivity contribution in [2.45, 2.75) is 51.6 Å². The number of piperidine rings is 1. The number of rotatable bonds is 6. The van der Waals surface area contributed by atoms with Gasteiger partial charge in [0.25, 0.3) is 0 Å². The number of hydrogen-bond acceptors (Lipinski definition) is 3. The van der Waals surface area contributed by atoms with E-state index in [0.29, 0.717) is 12.1 Å². The Kier molecular flexibility index (Phi) is 4.62. The monoisotopic (exact) mass is 254 g/mol. The van der Waals surface area contributed by atoms with Crippen LogP contribution in [-0.2, 0) is 4.79 Å². The second-order valence-corrected chi connectivity index (χ2v) is 5.79. The Bertz CT molecular complexity index is 292. The first-order valence-corrected chi connectivity index (χ1v) is 7.35. The molecule has 2 aliphatic rings. The van der Waals surface area contributed by atoms with Gasteiger partial charge in [-0.05, 0) is 38.1 Å². The van der Waals surface area contributed by atoms with E-state index in [1.807, 2.05) is 0 Å². The van der Waals surface area contributed by atoms with Gasteiger partial charge < -0.3 is 10.4 Å². The van der Waals surface area contributed by atoms with Crippen LogP contribution >= 0.6 is 0 Å². The van der Waals surface area contributed by atoms with Crippen molar-refractivity contribution in [3.63, 3.8) is 0 Å². The number of carboxylic acids is 1. The lowest BCUT2D eigenvalue weighted by Gasteiger charge is -2.41. The molecule has 4 heteroatoms. The molecule has 1 saturated carbocycles. The molecule has 1 saturated heterocycles. The first-order valence-electron chi connectivity index (χ1n) is 7.35. The van der Waals surface area contributed by atoms with E-state index in [-0.39, 0.29) is 5.92 Å². The predicted octanol–water partition coefficient (Wildman–Crippen LogP) is 1.56. The summed E-state index contributed by atoms with van der Waals surface area (Å²) in [5.41, 5.74) is 0. The molecule has 0 bridgehead atoms. The topological polar surface area (TPSA) is 52.6 Å². The van der Waals surface area contributed by atoms with Crippen LogP contribution < -0.4 is 5.32 Å². The van der Waals surface area contributed by atoms with Crippen LogP contribution in [-0.4, -0.2) is 47.7 Å².